The minimum atomic E-state index is 0.468. The molecular weight excluding hydrogens is 208 g/mol. The average Bonchev–Trinajstić information content (AvgIpc) is 2.28. The highest BCUT2D eigenvalue weighted by atomic mass is 32.1. The summed E-state index contributed by atoms with van der Waals surface area (Å²) in [6.07, 6.45) is 6.79. The van der Waals surface area contributed by atoms with E-state index in [1.807, 2.05) is 12.1 Å². The van der Waals surface area contributed by atoms with Crippen LogP contribution >= 0.6 is 12.2 Å². The Morgan fingerprint density at radius 3 is 3.20 bits per heavy atom. The van der Waals surface area contributed by atoms with Gasteiger partial charge in [0.25, 0.3) is 0 Å². The second kappa shape index (κ2) is 6.67. The van der Waals surface area contributed by atoms with Gasteiger partial charge in [0.15, 0.2) is 5.11 Å². The van der Waals surface area contributed by atoms with E-state index in [1.165, 1.54) is 0 Å². The molecule has 0 aliphatic heterocycles. The lowest BCUT2D eigenvalue weighted by Gasteiger charge is -2.02. The number of hydrazone groups is 1. The van der Waals surface area contributed by atoms with Gasteiger partial charge < -0.3 is 5.32 Å². The number of aromatic nitrogens is 1. The quantitative estimate of drug-likeness (QED) is 0.345. The number of nitrogens with one attached hydrogen (secondary N) is 2. The van der Waals surface area contributed by atoms with Crippen molar-refractivity contribution in [3.05, 3.63) is 42.7 Å². The molecule has 1 heterocycles. The molecule has 1 aromatic rings. The van der Waals surface area contributed by atoms with Crippen LogP contribution in [0.1, 0.15) is 5.56 Å². The van der Waals surface area contributed by atoms with Gasteiger partial charge in [-0.1, -0.05) is 12.1 Å². The fourth-order valence-corrected chi connectivity index (χ4v) is 0.958. The molecular formula is C10H12N4S. The molecule has 0 saturated heterocycles. The van der Waals surface area contributed by atoms with Gasteiger partial charge in [0.05, 0.1) is 6.21 Å². The van der Waals surface area contributed by atoms with Gasteiger partial charge in [0.2, 0.25) is 0 Å². The lowest BCUT2D eigenvalue weighted by atomic mass is 10.3. The molecule has 0 saturated carbocycles. The summed E-state index contributed by atoms with van der Waals surface area (Å²) < 4.78 is 0. The molecule has 15 heavy (non-hydrogen) atoms. The first-order valence-electron chi connectivity index (χ1n) is 4.41. The van der Waals surface area contributed by atoms with Crippen LogP contribution in [0.2, 0.25) is 0 Å². The Hall–Kier alpha value is -1.75. The monoisotopic (exact) mass is 220 g/mol. The molecule has 5 heteroatoms. The van der Waals surface area contributed by atoms with E-state index < -0.39 is 0 Å². The van der Waals surface area contributed by atoms with E-state index >= 15 is 0 Å². The van der Waals surface area contributed by atoms with E-state index in [2.05, 4.69) is 27.4 Å². The Labute approximate surface area is 94.1 Å². The molecule has 1 rings (SSSR count). The third-order valence-corrected chi connectivity index (χ3v) is 1.71. The summed E-state index contributed by atoms with van der Waals surface area (Å²) in [7, 11) is 0. The molecule has 0 fully saturated rings. The van der Waals surface area contributed by atoms with Gasteiger partial charge in [-0.05, 0) is 18.3 Å². The van der Waals surface area contributed by atoms with Crippen molar-refractivity contribution in [2.75, 3.05) is 6.54 Å². The van der Waals surface area contributed by atoms with Crippen LogP contribution < -0.4 is 10.7 Å². The zero-order valence-electron chi connectivity index (χ0n) is 8.18. The second-order valence-electron chi connectivity index (χ2n) is 2.66. The van der Waals surface area contributed by atoms with Crippen LogP contribution in [0.3, 0.4) is 0 Å². The molecule has 2 N–H and O–H groups in total. The summed E-state index contributed by atoms with van der Waals surface area (Å²) >= 11 is 4.94. The van der Waals surface area contributed by atoms with Crippen molar-refractivity contribution in [1.29, 1.82) is 0 Å². The third-order valence-electron chi connectivity index (χ3n) is 1.47. The fourth-order valence-electron chi connectivity index (χ4n) is 0.822. The van der Waals surface area contributed by atoms with Crippen LogP contribution in [-0.4, -0.2) is 22.9 Å². The minimum Gasteiger partial charge on any atom is -0.358 e. The SMILES string of the molecule is C=CCNC(=S)N/N=C\c1cccnc1. The van der Waals surface area contributed by atoms with Crippen LogP contribution in [0, 0.1) is 0 Å². The third kappa shape index (κ3) is 4.87. The Kier molecular flexibility index (Phi) is 5.03. The van der Waals surface area contributed by atoms with Crippen LogP contribution in [0.4, 0.5) is 0 Å². The number of pyridine rings is 1. The van der Waals surface area contributed by atoms with Crippen molar-refractivity contribution in [3.8, 4) is 0 Å². The molecule has 0 unspecified atom stereocenters. The summed E-state index contributed by atoms with van der Waals surface area (Å²) in [6.45, 7) is 4.18. The van der Waals surface area contributed by atoms with E-state index in [1.54, 1.807) is 24.7 Å². The first kappa shape index (κ1) is 11.3. The highest BCUT2D eigenvalue weighted by molar-refractivity contribution is 7.80. The van der Waals surface area contributed by atoms with E-state index in [0.29, 0.717) is 11.7 Å². The van der Waals surface area contributed by atoms with Crippen molar-refractivity contribution >= 4 is 23.5 Å². The van der Waals surface area contributed by atoms with E-state index in [0.717, 1.165) is 5.56 Å². The Morgan fingerprint density at radius 2 is 2.53 bits per heavy atom. The molecule has 0 bridgehead atoms. The van der Waals surface area contributed by atoms with E-state index in [4.69, 9.17) is 12.2 Å². The van der Waals surface area contributed by atoms with E-state index in [-0.39, 0.29) is 0 Å². The lowest BCUT2D eigenvalue weighted by molar-refractivity contribution is 0.941. The first-order valence-corrected chi connectivity index (χ1v) is 4.81. The van der Waals surface area contributed by atoms with Crippen LogP contribution in [0.5, 0.6) is 0 Å². The van der Waals surface area contributed by atoms with Gasteiger partial charge in [0, 0.05) is 24.5 Å². The van der Waals surface area contributed by atoms with Gasteiger partial charge >= 0.3 is 0 Å². The van der Waals surface area contributed by atoms with Gasteiger partial charge in [-0.3, -0.25) is 10.4 Å². The smallest absolute Gasteiger partial charge is 0.187 e. The Morgan fingerprint density at radius 1 is 1.67 bits per heavy atom. The fraction of sp³-hybridized carbons (Fsp3) is 0.100. The Bertz CT molecular complexity index is 348. The maximum Gasteiger partial charge on any atom is 0.187 e. The normalized spacial score (nSPS) is 9.87. The van der Waals surface area contributed by atoms with Crippen LogP contribution in [0.25, 0.3) is 0 Å². The first-order chi connectivity index (χ1) is 7.33. The topological polar surface area (TPSA) is 49.3 Å². The number of nitrogens with zero attached hydrogens (tertiary/aromatic N) is 2. The molecule has 0 amide bonds. The highest BCUT2D eigenvalue weighted by Gasteiger charge is 1.88. The van der Waals surface area contributed by atoms with Crippen molar-refractivity contribution in [2.45, 2.75) is 0 Å². The molecule has 0 radical (unpaired) electrons. The second-order valence-corrected chi connectivity index (χ2v) is 3.06. The number of thiocarbonyl (C=S) groups is 1. The van der Waals surface area contributed by atoms with Crippen molar-refractivity contribution in [1.82, 2.24) is 15.7 Å². The summed E-state index contributed by atoms with van der Waals surface area (Å²) in [5.74, 6) is 0. The molecule has 0 atom stereocenters. The van der Waals surface area contributed by atoms with Gasteiger partial charge in [-0.15, -0.1) is 6.58 Å². The Balaban J connectivity index is 2.33. The van der Waals surface area contributed by atoms with Crippen molar-refractivity contribution in [3.63, 3.8) is 0 Å². The molecule has 78 valence electrons. The van der Waals surface area contributed by atoms with E-state index in [9.17, 15) is 0 Å². The van der Waals surface area contributed by atoms with Gasteiger partial charge in [-0.2, -0.15) is 5.10 Å². The van der Waals surface area contributed by atoms with Gasteiger partial charge in [-0.25, -0.2) is 0 Å². The number of rotatable bonds is 4. The van der Waals surface area contributed by atoms with Crippen molar-refractivity contribution in [2.24, 2.45) is 5.10 Å². The molecule has 0 aliphatic carbocycles. The molecule has 0 aromatic carbocycles. The molecule has 4 nitrogen and oxygen atoms in total. The zero-order valence-corrected chi connectivity index (χ0v) is 9.00. The standard InChI is InChI=1S/C10H12N4S/c1-2-5-12-10(15)14-13-8-9-4-3-6-11-7-9/h2-4,6-8H,1,5H2,(H2,12,14,15)/b13-8-. The number of hydrogen-bond donors (Lipinski definition) is 2. The number of hydrogen-bond acceptors (Lipinski definition) is 3. The zero-order chi connectivity index (χ0) is 10.9. The summed E-state index contributed by atoms with van der Waals surface area (Å²) in [5, 5.41) is 7.30. The average molecular weight is 220 g/mol. The van der Waals surface area contributed by atoms with Crippen LogP contribution in [0.15, 0.2) is 42.3 Å². The maximum absolute atomic E-state index is 4.94. The maximum atomic E-state index is 4.94. The highest BCUT2D eigenvalue weighted by Crippen LogP contribution is 1.89. The minimum absolute atomic E-state index is 0.468. The van der Waals surface area contributed by atoms with Crippen molar-refractivity contribution < 1.29 is 0 Å². The predicted octanol–water partition coefficient (Wildman–Crippen LogP) is 1.07. The predicted molar refractivity (Wildman–Crippen MR) is 65.8 cm³/mol. The summed E-state index contributed by atoms with van der Waals surface area (Å²) in [5.41, 5.74) is 3.59. The molecule has 0 spiro atoms. The lowest BCUT2D eigenvalue weighted by Crippen LogP contribution is -2.31. The summed E-state index contributed by atoms with van der Waals surface area (Å²) in [6, 6.07) is 3.74. The van der Waals surface area contributed by atoms with Crippen LogP contribution in [-0.2, 0) is 0 Å². The summed E-state index contributed by atoms with van der Waals surface area (Å²) in [4.78, 5) is 3.95. The molecule has 1 aromatic heterocycles. The van der Waals surface area contributed by atoms with Gasteiger partial charge in [0.1, 0.15) is 0 Å². The molecule has 0 aliphatic rings. The largest absolute Gasteiger partial charge is 0.358 e.